The number of nitrogens with one attached hydrogen (secondary N) is 2. The third-order valence-electron chi connectivity index (χ3n) is 2.15. The van der Waals surface area contributed by atoms with Crippen LogP contribution in [0.15, 0.2) is 12.1 Å². The SMILES string of the molecule is Cc1cc(C(=O)O)n[nH]1.Cc1cc(C(=O)OCCCl)n[nH]1. The molecule has 0 aromatic carbocycles. The van der Waals surface area contributed by atoms with Gasteiger partial charge in [0, 0.05) is 11.4 Å². The van der Waals surface area contributed by atoms with E-state index in [2.05, 4.69) is 20.4 Å². The Morgan fingerprint density at radius 3 is 2.05 bits per heavy atom. The summed E-state index contributed by atoms with van der Waals surface area (Å²) in [5.74, 6) is -1.14. The van der Waals surface area contributed by atoms with Crippen LogP contribution in [-0.4, -0.2) is 49.9 Å². The first kappa shape index (κ1) is 16.7. The number of esters is 1. The third kappa shape index (κ3) is 5.65. The number of carbonyl (C=O) groups excluding carboxylic acids is 1. The number of alkyl halides is 1. The van der Waals surface area contributed by atoms with Gasteiger partial charge in [0.15, 0.2) is 11.4 Å². The number of ether oxygens (including phenoxy) is 1. The van der Waals surface area contributed by atoms with Crippen LogP contribution in [0.2, 0.25) is 0 Å². The van der Waals surface area contributed by atoms with E-state index in [0.29, 0.717) is 5.88 Å². The maximum atomic E-state index is 11.1. The van der Waals surface area contributed by atoms with Crippen LogP contribution < -0.4 is 0 Å². The van der Waals surface area contributed by atoms with Gasteiger partial charge in [0.2, 0.25) is 0 Å². The van der Waals surface area contributed by atoms with Crippen LogP contribution in [0.3, 0.4) is 0 Å². The lowest BCUT2D eigenvalue weighted by atomic mass is 10.4. The van der Waals surface area contributed by atoms with E-state index in [1.165, 1.54) is 6.07 Å². The van der Waals surface area contributed by atoms with Gasteiger partial charge >= 0.3 is 11.9 Å². The van der Waals surface area contributed by atoms with Crippen LogP contribution in [0.4, 0.5) is 0 Å². The Bertz CT molecular complexity index is 608. The number of hydrogen-bond donors (Lipinski definition) is 3. The van der Waals surface area contributed by atoms with E-state index in [1.54, 1.807) is 13.0 Å². The lowest BCUT2D eigenvalue weighted by Gasteiger charge is -1.97. The fourth-order valence-electron chi connectivity index (χ4n) is 1.26. The van der Waals surface area contributed by atoms with Crippen LogP contribution in [-0.2, 0) is 4.74 Å². The molecule has 0 atom stereocenters. The zero-order valence-corrected chi connectivity index (χ0v) is 12.3. The van der Waals surface area contributed by atoms with Gasteiger partial charge in [0.1, 0.15) is 6.61 Å². The van der Waals surface area contributed by atoms with Crippen LogP contribution in [0.1, 0.15) is 32.4 Å². The van der Waals surface area contributed by atoms with Crippen molar-refractivity contribution in [2.45, 2.75) is 13.8 Å². The van der Waals surface area contributed by atoms with Gasteiger partial charge in [-0.25, -0.2) is 9.59 Å². The molecule has 0 aliphatic heterocycles. The molecule has 0 spiro atoms. The summed E-state index contributed by atoms with van der Waals surface area (Å²) in [6.45, 7) is 3.77. The summed E-state index contributed by atoms with van der Waals surface area (Å²) in [7, 11) is 0. The molecular formula is C12H15ClN4O4. The van der Waals surface area contributed by atoms with E-state index in [-0.39, 0.29) is 18.0 Å². The minimum Gasteiger partial charge on any atom is -0.476 e. The number of carboxylic acids is 1. The van der Waals surface area contributed by atoms with Gasteiger partial charge in [0.05, 0.1) is 5.88 Å². The van der Waals surface area contributed by atoms with E-state index < -0.39 is 11.9 Å². The first-order valence-electron chi connectivity index (χ1n) is 5.94. The van der Waals surface area contributed by atoms with Gasteiger partial charge in [-0.2, -0.15) is 10.2 Å². The van der Waals surface area contributed by atoms with Gasteiger partial charge in [-0.1, -0.05) is 0 Å². The van der Waals surface area contributed by atoms with Crippen molar-refractivity contribution < 1.29 is 19.4 Å². The highest BCUT2D eigenvalue weighted by Crippen LogP contribution is 1.99. The molecule has 0 fully saturated rings. The summed E-state index contributed by atoms with van der Waals surface area (Å²) >= 11 is 5.33. The number of carboxylic acid groups (broad SMARTS) is 1. The van der Waals surface area contributed by atoms with E-state index in [0.717, 1.165) is 11.4 Å². The van der Waals surface area contributed by atoms with Crippen molar-refractivity contribution >= 4 is 23.5 Å². The monoisotopic (exact) mass is 314 g/mol. The average molecular weight is 315 g/mol. The Morgan fingerprint density at radius 2 is 1.71 bits per heavy atom. The van der Waals surface area contributed by atoms with Crippen LogP contribution >= 0.6 is 11.6 Å². The summed E-state index contributed by atoms with van der Waals surface area (Å²) in [6, 6.07) is 3.10. The predicted octanol–water partition coefficient (Wildman–Crippen LogP) is 1.53. The van der Waals surface area contributed by atoms with Crippen LogP contribution in [0.25, 0.3) is 0 Å². The summed E-state index contributed by atoms with van der Waals surface area (Å²) in [5.41, 5.74) is 1.94. The van der Waals surface area contributed by atoms with E-state index in [9.17, 15) is 9.59 Å². The van der Waals surface area contributed by atoms with Crippen molar-refractivity contribution in [2.75, 3.05) is 12.5 Å². The molecule has 3 N–H and O–H groups in total. The van der Waals surface area contributed by atoms with Crippen molar-refractivity contribution in [3.63, 3.8) is 0 Å². The van der Waals surface area contributed by atoms with E-state index in [1.807, 2.05) is 6.92 Å². The molecule has 0 saturated heterocycles. The Hall–Kier alpha value is -2.35. The lowest BCUT2D eigenvalue weighted by Crippen LogP contribution is -2.07. The van der Waals surface area contributed by atoms with E-state index >= 15 is 0 Å². The molecule has 21 heavy (non-hydrogen) atoms. The van der Waals surface area contributed by atoms with Crippen molar-refractivity contribution in [3.05, 3.63) is 34.9 Å². The number of rotatable bonds is 4. The molecule has 0 saturated carbocycles. The van der Waals surface area contributed by atoms with Crippen molar-refractivity contribution in [3.8, 4) is 0 Å². The summed E-state index contributed by atoms with van der Waals surface area (Å²) in [4.78, 5) is 21.2. The maximum absolute atomic E-state index is 11.1. The zero-order chi connectivity index (χ0) is 15.8. The van der Waals surface area contributed by atoms with E-state index in [4.69, 9.17) is 21.4 Å². The molecule has 2 heterocycles. The number of H-pyrrole nitrogens is 2. The number of carbonyl (C=O) groups is 2. The average Bonchev–Trinajstić information content (AvgIpc) is 3.05. The second-order valence-electron chi connectivity index (χ2n) is 4.00. The Kier molecular flexibility index (Phi) is 6.41. The minimum atomic E-state index is -1.00. The van der Waals surface area contributed by atoms with Gasteiger partial charge in [-0.05, 0) is 26.0 Å². The number of hydrogen-bond acceptors (Lipinski definition) is 5. The Balaban J connectivity index is 0.000000219. The molecule has 2 aromatic rings. The normalized spacial score (nSPS) is 9.67. The smallest absolute Gasteiger partial charge is 0.358 e. The molecular weight excluding hydrogens is 300 g/mol. The van der Waals surface area contributed by atoms with Crippen molar-refractivity contribution in [1.29, 1.82) is 0 Å². The number of aromatic nitrogens is 4. The van der Waals surface area contributed by atoms with Crippen LogP contribution in [0.5, 0.6) is 0 Å². The molecule has 114 valence electrons. The number of aromatic amines is 2. The molecule has 2 aromatic heterocycles. The predicted molar refractivity (Wildman–Crippen MR) is 74.6 cm³/mol. The van der Waals surface area contributed by atoms with Gasteiger partial charge in [0.25, 0.3) is 0 Å². The van der Waals surface area contributed by atoms with Crippen LogP contribution in [0, 0.1) is 13.8 Å². The molecule has 0 bridgehead atoms. The highest BCUT2D eigenvalue weighted by molar-refractivity contribution is 6.18. The molecule has 2 rings (SSSR count). The fourth-order valence-corrected chi connectivity index (χ4v) is 1.33. The minimum absolute atomic E-state index is 0.0625. The summed E-state index contributed by atoms with van der Waals surface area (Å²) in [6.07, 6.45) is 0. The number of aryl methyl sites for hydroxylation is 2. The molecule has 0 radical (unpaired) electrons. The molecule has 0 aliphatic rings. The van der Waals surface area contributed by atoms with Gasteiger partial charge in [-0.3, -0.25) is 10.2 Å². The standard InChI is InChI=1S/C7H9ClN2O2.C5H6N2O2/c1-5-4-6(10-9-5)7(11)12-3-2-8;1-3-2-4(5(8)9)7-6-3/h4H,2-3H2,1H3,(H,9,10);2H,1H3,(H,6,7)(H,8,9). The topological polar surface area (TPSA) is 121 Å². The molecule has 9 heteroatoms. The molecule has 0 unspecified atom stereocenters. The number of halogens is 1. The number of nitrogens with zero attached hydrogens (tertiary/aromatic N) is 2. The zero-order valence-electron chi connectivity index (χ0n) is 11.5. The summed E-state index contributed by atoms with van der Waals surface area (Å²) in [5, 5.41) is 20.7. The van der Waals surface area contributed by atoms with Crippen molar-refractivity contribution in [2.24, 2.45) is 0 Å². The Labute approximate surface area is 125 Å². The maximum Gasteiger partial charge on any atom is 0.358 e. The summed E-state index contributed by atoms with van der Waals surface area (Å²) < 4.78 is 4.74. The largest absolute Gasteiger partial charge is 0.476 e. The van der Waals surface area contributed by atoms with Gasteiger partial charge in [-0.15, -0.1) is 11.6 Å². The molecule has 0 amide bonds. The second-order valence-corrected chi connectivity index (χ2v) is 4.38. The second kappa shape index (κ2) is 8.05. The van der Waals surface area contributed by atoms with Crippen molar-refractivity contribution in [1.82, 2.24) is 20.4 Å². The fraction of sp³-hybridized carbons (Fsp3) is 0.333. The molecule has 8 nitrogen and oxygen atoms in total. The highest BCUT2D eigenvalue weighted by Gasteiger charge is 2.09. The first-order chi connectivity index (χ1) is 9.93. The van der Waals surface area contributed by atoms with Gasteiger partial charge < -0.3 is 9.84 Å². The quantitative estimate of drug-likeness (QED) is 0.581. The highest BCUT2D eigenvalue weighted by atomic mass is 35.5. The first-order valence-corrected chi connectivity index (χ1v) is 6.48. The lowest BCUT2D eigenvalue weighted by molar-refractivity contribution is 0.0521. The third-order valence-corrected chi connectivity index (χ3v) is 2.30. The Morgan fingerprint density at radius 1 is 1.19 bits per heavy atom. The number of aromatic carboxylic acids is 1. The molecule has 0 aliphatic carbocycles.